The molecule has 9 nitrogen and oxygen atoms in total. The summed E-state index contributed by atoms with van der Waals surface area (Å²) in [6.45, 7) is 7.89. The fourth-order valence-corrected chi connectivity index (χ4v) is 7.18. The lowest BCUT2D eigenvalue weighted by Gasteiger charge is -2.44. The van der Waals surface area contributed by atoms with Crippen LogP contribution < -0.4 is 0 Å². The molecule has 0 aromatic heterocycles. The Hall–Kier alpha value is -5.71. The predicted octanol–water partition coefficient (Wildman–Crippen LogP) is 8.64. The van der Waals surface area contributed by atoms with Gasteiger partial charge in [0.25, 0.3) is 0 Å². The third-order valence-corrected chi connectivity index (χ3v) is 10.3. The fraction of sp³-hybridized carbons (Fsp3) is 0.244. The van der Waals surface area contributed by atoms with Crippen molar-refractivity contribution >= 4 is 35.6 Å². The zero-order chi connectivity index (χ0) is 39.0. The van der Waals surface area contributed by atoms with Crippen LogP contribution >= 0.6 is 11.8 Å². The van der Waals surface area contributed by atoms with Crippen molar-refractivity contribution in [3.63, 3.8) is 0 Å². The van der Waals surface area contributed by atoms with E-state index >= 15 is 0 Å². The number of ether oxygens (including phenoxy) is 5. The van der Waals surface area contributed by atoms with Crippen molar-refractivity contribution in [1.29, 1.82) is 0 Å². The lowest BCUT2D eigenvalue weighted by Crippen LogP contribution is -2.61. The van der Waals surface area contributed by atoms with E-state index in [1.807, 2.05) is 13.0 Å². The SMILES string of the molecule is Cc1ccc(C(C)(C)C)cc1S[C@H]1O[C@H](COC(=O)c2ccccc2)[C@@H](OC(=O)c2ccccc2)[C@H](OC(=O)c2ccccc2)[C@@H]1OC(=O)c1ccccc1. The molecular weight excluding hydrogens is 717 g/mol. The van der Waals surface area contributed by atoms with Gasteiger partial charge in [-0.2, -0.15) is 0 Å². The van der Waals surface area contributed by atoms with E-state index in [1.54, 1.807) is 121 Å². The second kappa shape index (κ2) is 17.6. The Bertz CT molecular complexity index is 2080. The Kier molecular flexibility index (Phi) is 12.5. The number of hydrogen-bond acceptors (Lipinski definition) is 10. The van der Waals surface area contributed by atoms with Crippen LogP contribution in [0.15, 0.2) is 144 Å². The largest absolute Gasteiger partial charge is 0.459 e. The van der Waals surface area contributed by atoms with Crippen LogP contribution in [-0.4, -0.2) is 60.3 Å². The monoisotopic (exact) mass is 758 g/mol. The quantitative estimate of drug-likeness (QED) is 0.0958. The minimum atomic E-state index is -1.43. The molecule has 1 aliphatic heterocycles. The molecule has 55 heavy (non-hydrogen) atoms. The number of benzene rings is 5. The first-order chi connectivity index (χ1) is 26.5. The van der Waals surface area contributed by atoms with Crippen LogP contribution in [0.4, 0.5) is 0 Å². The van der Waals surface area contributed by atoms with Gasteiger partial charge in [-0.15, -0.1) is 0 Å². The van der Waals surface area contributed by atoms with Gasteiger partial charge in [0, 0.05) is 4.90 Å². The van der Waals surface area contributed by atoms with Crippen LogP contribution in [0.25, 0.3) is 0 Å². The summed E-state index contributed by atoms with van der Waals surface area (Å²) in [5.41, 5.74) is 1.76. The number of aryl methyl sites for hydroxylation is 1. The second-order valence-corrected chi connectivity index (χ2v) is 15.2. The van der Waals surface area contributed by atoms with Crippen molar-refractivity contribution in [3.05, 3.63) is 173 Å². The maximum Gasteiger partial charge on any atom is 0.338 e. The topological polar surface area (TPSA) is 114 Å². The van der Waals surface area contributed by atoms with E-state index < -0.39 is 60.3 Å². The molecule has 5 aromatic rings. The molecule has 5 aromatic carbocycles. The minimum absolute atomic E-state index is 0.186. The van der Waals surface area contributed by atoms with Crippen LogP contribution in [0.3, 0.4) is 0 Å². The number of carbonyl (C=O) groups excluding carboxylic acids is 4. The summed E-state index contributed by atoms with van der Waals surface area (Å²) in [5, 5.41) is 0. The predicted molar refractivity (Wildman–Crippen MR) is 208 cm³/mol. The maximum absolute atomic E-state index is 13.9. The number of rotatable bonds is 11. The van der Waals surface area contributed by atoms with Gasteiger partial charge in [0.15, 0.2) is 18.3 Å². The first-order valence-corrected chi connectivity index (χ1v) is 18.8. The summed E-state index contributed by atoms with van der Waals surface area (Å²) in [4.78, 5) is 55.6. The normalized spacial score (nSPS) is 19.5. The highest BCUT2D eigenvalue weighted by atomic mass is 32.2. The molecule has 0 amide bonds. The molecule has 6 rings (SSSR count). The van der Waals surface area contributed by atoms with Crippen molar-refractivity contribution < 1.29 is 42.9 Å². The van der Waals surface area contributed by atoms with Gasteiger partial charge in [0.05, 0.1) is 22.3 Å². The van der Waals surface area contributed by atoms with Crippen LogP contribution in [0, 0.1) is 6.92 Å². The molecule has 1 aliphatic rings. The Balaban J connectivity index is 1.45. The van der Waals surface area contributed by atoms with E-state index in [0.29, 0.717) is 5.56 Å². The molecule has 1 fully saturated rings. The highest BCUT2D eigenvalue weighted by Gasteiger charge is 2.53. The Morgan fingerprint density at radius 3 is 1.44 bits per heavy atom. The zero-order valence-electron chi connectivity index (χ0n) is 31.0. The number of esters is 4. The molecule has 1 saturated heterocycles. The van der Waals surface area contributed by atoms with E-state index in [1.165, 1.54) is 11.8 Å². The maximum atomic E-state index is 13.9. The standard InChI is InChI=1S/C45H42O9S/c1-29-25-26-34(45(2,3)4)27-36(29)55-44-39(54-43(49)33-23-15-8-16-24-33)38(53-42(48)32-21-13-7-14-22-32)37(52-41(47)31-19-11-6-12-20-31)35(51-44)28-50-40(46)30-17-9-5-10-18-30/h5-27,35,37-39,44H,28H2,1-4H3/t35-,37-,38+,39+,44-/m1/s1. The highest BCUT2D eigenvalue weighted by Crippen LogP contribution is 2.40. The molecular formula is C45H42O9S. The van der Waals surface area contributed by atoms with E-state index in [9.17, 15) is 19.2 Å². The lowest BCUT2D eigenvalue weighted by atomic mass is 9.87. The minimum Gasteiger partial charge on any atom is -0.459 e. The van der Waals surface area contributed by atoms with Crippen LogP contribution in [-0.2, 0) is 29.1 Å². The summed E-state index contributed by atoms with van der Waals surface area (Å²) in [5.74, 6) is -2.83. The average Bonchev–Trinajstić information content (AvgIpc) is 3.20. The van der Waals surface area contributed by atoms with Crippen LogP contribution in [0.1, 0.15) is 73.3 Å². The third-order valence-electron chi connectivity index (χ3n) is 9.03. The summed E-state index contributed by atoms with van der Waals surface area (Å²) in [6.07, 6.45) is -5.33. The number of hydrogen-bond donors (Lipinski definition) is 0. The molecule has 5 atom stereocenters. The van der Waals surface area contributed by atoms with Gasteiger partial charge < -0.3 is 23.7 Å². The van der Waals surface area contributed by atoms with E-state index in [4.69, 9.17) is 23.7 Å². The lowest BCUT2D eigenvalue weighted by molar-refractivity contribution is -0.207. The van der Waals surface area contributed by atoms with Crippen molar-refractivity contribution in [2.24, 2.45) is 0 Å². The van der Waals surface area contributed by atoms with Crippen LogP contribution in [0.5, 0.6) is 0 Å². The highest BCUT2D eigenvalue weighted by molar-refractivity contribution is 7.99. The van der Waals surface area contributed by atoms with Crippen molar-refractivity contribution in [2.45, 2.75) is 67.9 Å². The molecule has 0 aliphatic carbocycles. The van der Waals surface area contributed by atoms with Crippen molar-refractivity contribution in [2.75, 3.05) is 6.61 Å². The Labute approximate surface area is 324 Å². The van der Waals surface area contributed by atoms with E-state index in [-0.39, 0.29) is 22.1 Å². The summed E-state index contributed by atoms with van der Waals surface area (Å²) < 4.78 is 31.1. The van der Waals surface area contributed by atoms with Gasteiger partial charge in [0.1, 0.15) is 18.1 Å². The summed E-state index contributed by atoms with van der Waals surface area (Å²) >= 11 is 1.27. The van der Waals surface area contributed by atoms with Gasteiger partial charge in [-0.05, 0) is 78.1 Å². The average molecular weight is 759 g/mol. The van der Waals surface area contributed by atoms with Gasteiger partial charge in [-0.25, -0.2) is 19.2 Å². The summed E-state index contributed by atoms with van der Waals surface area (Å²) in [7, 11) is 0. The fourth-order valence-electron chi connectivity index (χ4n) is 5.94. The Morgan fingerprint density at radius 2 is 0.982 bits per heavy atom. The first kappa shape index (κ1) is 39.0. The zero-order valence-corrected chi connectivity index (χ0v) is 31.8. The molecule has 282 valence electrons. The number of carbonyl (C=O) groups is 4. The first-order valence-electron chi connectivity index (χ1n) is 17.9. The van der Waals surface area contributed by atoms with Crippen molar-refractivity contribution in [1.82, 2.24) is 0 Å². The molecule has 0 saturated carbocycles. The molecule has 1 heterocycles. The third kappa shape index (κ3) is 9.89. The van der Waals surface area contributed by atoms with Gasteiger partial charge in [-0.1, -0.05) is 117 Å². The van der Waals surface area contributed by atoms with E-state index in [0.717, 1.165) is 16.0 Å². The smallest absolute Gasteiger partial charge is 0.338 e. The number of thioether (sulfide) groups is 1. The molecule has 10 heteroatoms. The molecule has 0 radical (unpaired) electrons. The van der Waals surface area contributed by atoms with Gasteiger partial charge in [-0.3, -0.25) is 0 Å². The van der Waals surface area contributed by atoms with Crippen LogP contribution in [0.2, 0.25) is 0 Å². The van der Waals surface area contributed by atoms with E-state index in [2.05, 4.69) is 32.9 Å². The molecule has 0 bridgehead atoms. The molecule has 0 N–H and O–H groups in total. The van der Waals surface area contributed by atoms with Gasteiger partial charge >= 0.3 is 23.9 Å². The summed E-state index contributed by atoms with van der Waals surface area (Å²) in [6, 6.07) is 39.6. The second-order valence-electron chi connectivity index (χ2n) is 14.1. The Morgan fingerprint density at radius 1 is 0.564 bits per heavy atom. The molecule has 0 spiro atoms. The van der Waals surface area contributed by atoms with Crippen molar-refractivity contribution in [3.8, 4) is 0 Å². The van der Waals surface area contributed by atoms with Gasteiger partial charge in [0.2, 0.25) is 0 Å². The molecule has 0 unspecified atom stereocenters.